The van der Waals surface area contributed by atoms with Gasteiger partial charge in [0.1, 0.15) is 5.69 Å². The first-order chi connectivity index (χ1) is 7.34. The molecule has 0 fully saturated rings. The molecule has 6 nitrogen and oxygen atoms in total. The highest BCUT2D eigenvalue weighted by molar-refractivity contribution is 5.92. The second-order valence-corrected chi connectivity index (χ2v) is 3.72. The van der Waals surface area contributed by atoms with Gasteiger partial charge < -0.3 is 10.3 Å². The summed E-state index contributed by atoms with van der Waals surface area (Å²) in [5.74, 6) is 1.76. The molecule has 84 valence electrons. The Morgan fingerprint density at radius 2 is 2.06 bits per heavy atom. The number of carbonyl (C=O) groups is 1. The van der Waals surface area contributed by atoms with Gasteiger partial charge in [-0.05, 0) is 13.8 Å². The Kier molecular flexibility index (Phi) is 2.99. The van der Waals surface area contributed by atoms with E-state index in [-0.39, 0.29) is 5.69 Å². The number of H-pyrrole nitrogens is 2. The monoisotopic (exact) mass is 221 g/mol. The molecule has 16 heavy (non-hydrogen) atoms. The van der Waals surface area contributed by atoms with Crippen molar-refractivity contribution in [2.75, 3.05) is 0 Å². The zero-order valence-electron chi connectivity index (χ0n) is 8.88. The molecule has 0 radical (unpaired) electrons. The van der Waals surface area contributed by atoms with E-state index in [0.717, 1.165) is 6.07 Å². The standard InChI is InChI=1S/C10H11N3O3/c1-4-10(2,3)13-8(15)6-5-7(14)12-9(16)11-6/h1,5H,2-3H3,(H,13,15)(H2,11,12,14,16). The second kappa shape index (κ2) is 4.06. The Hall–Kier alpha value is -2.29. The molecule has 0 saturated heterocycles. The molecular formula is C10H11N3O3. The molecule has 1 heterocycles. The summed E-state index contributed by atoms with van der Waals surface area (Å²) in [5, 5.41) is 2.48. The van der Waals surface area contributed by atoms with Crippen molar-refractivity contribution in [3.05, 3.63) is 32.6 Å². The Labute approximate surface area is 91.1 Å². The highest BCUT2D eigenvalue weighted by atomic mass is 16.2. The minimum Gasteiger partial charge on any atom is -0.335 e. The first kappa shape index (κ1) is 11.8. The lowest BCUT2D eigenvalue weighted by atomic mass is 10.1. The van der Waals surface area contributed by atoms with Crippen molar-refractivity contribution in [2.24, 2.45) is 0 Å². The summed E-state index contributed by atoms with van der Waals surface area (Å²) in [5.41, 5.74) is -2.36. The third-order valence-corrected chi connectivity index (χ3v) is 1.79. The van der Waals surface area contributed by atoms with E-state index in [9.17, 15) is 14.4 Å². The van der Waals surface area contributed by atoms with E-state index in [1.165, 1.54) is 0 Å². The number of carbonyl (C=O) groups excluding carboxylic acids is 1. The van der Waals surface area contributed by atoms with Crippen LogP contribution in [-0.2, 0) is 0 Å². The van der Waals surface area contributed by atoms with Gasteiger partial charge in [0.05, 0.1) is 5.54 Å². The second-order valence-electron chi connectivity index (χ2n) is 3.72. The number of rotatable bonds is 2. The number of amides is 1. The summed E-state index contributed by atoms with van der Waals surface area (Å²) < 4.78 is 0. The molecular weight excluding hydrogens is 210 g/mol. The number of hydrogen-bond acceptors (Lipinski definition) is 3. The average Bonchev–Trinajstić information content (AvgIpc) is 2.15. The lowest BCUT2D eigenvalue weighted by Crippen LogP contribution is -2.43. The van der Waals surface area contributed by atoms with E-state index in [1.54, 1.807) is 13.8 Å². The third-order valence-electron chi connectivity index (χ3n) is 1.79. The summed E-state index contributed by atoms with van der Waals surface area (Å²) in [6.45, 7) is 3.24. The van der Waals surface area contributed by atoms with Crippen LogP contribution in [-0.4, -0.2) is 21.4 Å². The van der Waals surface area contributed by atoms with Crippen molar-refractivity contribution >= 4 is 5.91 Å². The molecule has 0 aliphatic carbocycles. The molecule has 6 heteroatoms. The van der Waals surface area contributed by atoms with Crippen LogP contribution in [0.4, 0.5) is 0 Å². The summed E-state index contributed by atoms with van der Waals surface area (Å²) >= 11 is 0. The fourth-order valence-electron chi connectivity index (χ4n) is 0.978. The molecule has 3 N–H and O–H groups in total. The fourth-order valence-corrected chi connectivity index (χ4v) is 0.978. The van der Waals surface area contributed by atoms with Crippen LogP contribution in [0.3, 0.4) is 0 Å². The number of aromatic nitrogens is 2. The van der Waals surface area contributed by atoms with Gasteiger partial charge in [-0.1, -0.05) is 5.92 Å². The Morgan fingerprint density at radius 1 is 1.44 bits per heavy atom. The van der Waals surface area contributed by atoms with Crippen LogP contribution in [0.15, 0.2) is 15.7 Å². The van der Waals surface area contributed by atoms with Crippen LogP contribution >= 0.6 is 0 Å². The van der Waals surface area contributed by atoms with Crippen molar-refractivity contribution in [1.29, 1.82) is 0 Å². The maximum Gasteiger partial charge on any atom is 0.326 e. The van der Waals surface area contributed by atoms with Crippen LogP contribution < -0.4 is 16.6 Å². The summed E-state index contributed by atoms with van der Waals surface area (Å²) in [7, 11) is 0. The van der Waals surface area contributed by atoms with Gasteiger partial charge in [-0.15, -0.1) is 6.42 Å². The van der Waals surface area contributed by atoms with Crippen LogP contribution in [0.25, 0.3) is 0 Å². The number of nitrogens with one attached hydrogen (secondary N) is 3. The van der Waals surface area contributed by atoms with Crippen molar-refractivity contribution in [1.82, 2.24) is 15.3 Å². The summed E-state index contributed by atoms with van der Waals surface area (Å²) in [6, 6.07) is 0.989. The highest BCUT2D eigenvalue weighted by Gasteiger charge is 2.18. The van der Waals surface area contributed by atoms with Crippen molar-refractivity contribution < 1.29 is 4.79 Å². The molecule has 1 rings (SSSR count). The quantitative estimate of drug-likeness (QED) is 0.571. The molecule has 1 amide bonds. The minimum absolute atomic E-state index is 0.128. The van der Waals surface area contributed by atoms with E-state index in [0.29, 0.717) is 0 Å². The zero-order chi connectivity index (χ0) is 12.3. The van der Waals surface area contributed by atoms with E-state index in [1.807, 2.05) is 4.98 Å². The van der Waals surface area contributed by atoms with E-state index < -0.39 is 22.7 Å². The molecule has 0 bridgehead atoms. The Bertz CT molecular complexity index is 531. The fraction of sp³-hybridized carbons (Fsp3) is 0.300. The van der Waals surface area contributed by atoms with Crippen LogP contribution in [0.2, 0.25) is 0 Å². The van der Waals surface area contributed by atoms with Gasteiger partial charge in [0, 0.05) is 6.07 Å². The summed E-state index contributed by atoms with van der Waals surface area (Å²) in [6.07, 6.45) is 5.19. The summed E-state index contributed by atoms with van der Waals surface area (Å²) in [4.78, 5) is 37.6. The maximum absolute atomic E-state index is 11.6. The molecule has 0 atom stereocenters. The predicted molar refractivity (Wildman–Crippen MR) is 58.1 cm³/mol. The van der Waals surface area contributed by atoms with Crippen molar-refractivity contribution in [3.63, 3.8) is 0 Å². The predicted octanol–water partition coefficient (Wildman–Crippen LogP) is -0.795. The van der Waals surface area contributed by atoms with Crippen LogP contribution in [0.1, 0.15) is 24.3 Å². The molecule has 0 unspecified atom stereocenters. The Morgan fingerprint density at radius 3 is 2.56 bits per heavy atom. The van der Waals surface area contributed by atoms with Crippen molar-refractivity contribution in [2.45, 2.75) is 19.4 Å². The number of aromatic amines is 2. The molecule has 0 saturated carbocycles. The third kappa shape index (κ3) is 2.85. The van der Waals surface area contributed by atoms with Gasteiger partial charge in [-0.25, -0.2) is 4.79 Å². The smallest absolute Gasteiger partial charge is 0.326 e. The van der Waals surface area contributed by atoms with E-state index in [2.05, 4.69) is 16.2 Å². The average molecular weight is 221 g/mol. The molecule has 1 aromatic heterocycles. The van der Waals surface area contributed by atoms with Gasteiger partial charge >= 0.3 is 5.69 Å². The molecule has 0 spiro atoms. The normalized spacial score (nSPS) is 10.6. The van der Waals surface area contributed by atoms with E-state index in [4.69, 9.17) is 6.42 Å². The largest absolute Gasteiger partial charge is 0.335 e. The lowest BCUT2D eigenvalue weighted by Gasteiger charge is -2.18. The van der Waals surface area contributed by atoms with Gasteiger partial charge in [-0.3, -0.25) is 14.6 Å². The van der Waals surface area contributed by atoms with Gasteiger partial charge in [0.15, 0.2) is 0 Å². The van der Waals surface area contributed by atoms with Gasteiger partial charge in [0.25, 0.3) is 11.5 Å². The number of hydrogen-bond donors (Lipinski definition) is 3. The van der Waals surface area contributed by atoms with Gasteiger partial charge in [0.2, 0.25) is 0 Å². The van der Waals surface area contributed by atoms with Crippen molar-refractivity contribution in [3.8, 4) is 12.3 Å². The molecule has 1 aromatic rings. The van der Waals surface area contributed by atoms with E-state index >= 15 is 0 Å². The van der Waals surface area contributed by atoms with Crippen LogP contribution in [0.5, 0.6) is 0 Å². The molecule has 0 aliphatic rings. The zero-order valence-corrected chi connectivity index (χ0v) is 8.88. The van der Waals surface area contributed by atoms with Gasteiger partial charge in [-0.2, -0.15) is 0 Å². The molecule has 0 aromatic carbocycles. The van der Waals surface area contributed by atoms with Crippen LogP contribution in [0, 0.1) is 12.3 Å². The maximum atomic E-state index is 11.6. The SMILES string of the molecule is C#CC(C)(C)NC(=O)c1cc(=O)[nH]c(=O)[nH]1. The first-order valence-electron chi connectivity index (χ1n) is 4.48. The molecule has 0 aliphatic heterocycles. The number of terminal acetylenes is 1. The first-order valence-corrected chi connectivity index (χ1v) is 4.48. The lowest BCUT2D eigenvalue weighted by molar-refractivity contribution is 0.0924. The minimum atomic E-state index is -0.851. The highest BCUT2D eigenvalue weighted by Crippen LogP contribution is 2.00. The topological polar surface area (TPSA) is 94.8 Å². The Balaban J connectivity index is 3.04.